The summed E-state index contributed by atoms with van der Waals surface area (Å²) in [6, 6.07) is 10.5. The summed E-state index contributed by atoms with van der Waals surface area (Å²) in [4.78, 5) is 45.9. The highest BCUT2D eigenvalue weighted by atomic mass is 16.2. The minimum absolute atomic E-state index is 0.132. The number of amides is 2. The summed E-state index contributed by atoms with van der Waals surface area (Å²) in [7, 11) is 0. The molecule has 1 N–H and O–H groups in total. The molecule has 1 aromatic carbocycles. The van der Waals surface area contributed by atoms with Crippen molar-refractivity contribution in [1.29, 1.82) is 0 Å². The van der Waals surface area contributed by atoms with Crippen LogP contribution in [0, 0.1) is 11.8 Å². The fourth-order valence-electron chi connectivity index (χ4n) is 3.77. The lowest BCUT2D eigenvalue weighted by molar-refractivity contribution is -0.122. The predicted octanol–water partition coefficient (Wildman–Crippen LogP) is 1.54. The minimum Gasteiger partial charge on any atom is -0.291 e. The predicted molar refractivity (Wildman–Crippen MR) is 96.9 cm³/mol. The molecule has 0 spiro atoms. The van der Waals surface area contributed by atoms with E-state index in [-0.39, 0.29) is 35.2 Å². The number of nitrogens with zero attached hydrogens (tertiary/aromatic N) is 4. The Morgan fingerprint density at radius 2 is 1.63 bits per heavy atom. The normalized spacial score (nSPS) is 21.9. The SMILES string of the molecule is O=C1[C@H]2CC=CC[C@@H]2C(=O)N1c1cc(=O)[nH]c2nc(-c3ccccc3)nn12. The van der Waals surface area contributed by atoms with Gasteiger partial charge < -0.3 is 0 Å². The molecule has 8 nitrogen and oxygen atoms in total. The van der Waals surface area contributed by atoms with Crippen molar-refractivity contribution in [2.75, 3.05) is 4.90 Å². The number of allylic oxidation sites excluding steroid dienone is 2. The lowest BCUT2D eigenvalue weighted by atomic mass is 9.85. The highest BCUT2D eigenvalue weighted by Crippen LogP contribution is 2.37. The molecule has 2 aromatic heterocycles. The van der Waals surface area contributed by atoms with E-state index in [2.05, 4.69) is 15.1 Å². The van der Waals surface area contributed by atoms with Gasteiger partial charge in [-0.2, -0.15) is 9.50 Å². The molecule has 5 rings (SSSR count). The average molecular weight is 361 g/mol. The third-order valence-corrected chi connectivity index (χ3v) is 5.09. The van der Waals surface area contributed by atoms with Crippen molar-refractivity contribution in [2.24, 2.45) is 11.8 Å². The van der Waals surface area contributed by atoms with Gasteiger partial charge in [-0.05, 0) is 12.8 Å². The lowest BCUT2D eigenvalue weighted by Crippen LogP contribution is -2.34. The molecule has 2 atom stereocenters. The maximum Gasteiger partial charge on any atom is 0.254 e. The number of carbonyl (C=O) groups is 2. The summed E-state index contributed by atoms with van der Waals surface area (Å²) in [6.07, 6.45) is 4.91. The Hall–Kier alpha value is -3.55. The summed E-state index contributed by atoms with van der Waals surface area (Å²) < 4.78 is 1.35. The second-order valence-corrected chi connectivity index (χ2v) is 6.70. The zero-order valence-corrected chi connectivity index (χ0v) is 14.2. The molecule has 1 aliphatic heterocycles. The first kappa shape index (κ1) is 15.7. The monoisotopic (exact) mass is 361 g/mol. The van der Waals surface area contributed by atoms with Gasteiger partial charge in [0.05, 0.1) is 11.8 Å². The Morgan fingerprint density at radius 1 is 0.963 bits per heavy atom. The zero-order chi connectivity index (χ0) is 18.5. The Balaban J connectivity index is 1.67. The van der Waals surface area contributed by atoms with Crippen LogP contribution in [-0.4, -0.2) is 31.4 Å². The van der Waals surface area contributed by atoms with Gasteiger partial charge in [0.25, 0.3) is 5.56 Å². The van der Waals surface area contributed by atoms with Crippen LogP contribution in [0.3, 0.4) is 0 Å². The van der Waals surface area contributed by atoms with Crippen LogP contribution < -0.4 is 10.5 Å². The molecule has 3 aromatic rings. The molecule has 2 aliphatic rings. The fraction of sp³-hybridized carbons (Fsp3) is 0.211. The van der Waals surface area contributed by atoms with E-state index in [9.17, 15) is 14.4 Å². The number of H-pyrrole nitrogens is 1. The average Bonchev–Trinajstić information content (AvgIpc) is 3.22. The highest BCUT2D eigenvalue weighted by Gasteiger charge is 2.48. The molecule has 0 saturated carbocycles. The topological polar surface area (TPSA) is 100 Å². The molecule has 27 heavy (non-hydrogen) atoms. The standard InChI is InChI=1S/C19H15N5O3/c25-14-10-15(23-17(26)12-8-4-5-9-13(12)18(23)27)24-19(20-14)21-16(22-24)11-6-2-1-3-7-11/h1-7,10,12-13H,8-9H2,(H,20,21,22,25)/t12-,13-/m0/s1. The van der Waals surface area contributed by atoms with E-state index in [1.807, 2.05) is 42.5 Å². The van der Waals surface area contributed by atoms with Crippen molar-refractivity contribution >= 4 is 23.4 Å². The smallest absolute Gasteiger partial charge is 0.254 e. The maximum atomic E-state index is 12.9. The van der Waals surface area contributed by atoms with Crippen LogP contribution in [0.1, 0.15) is 12.8 Å². The molecule has 3 heterocycles. The molecule has 1 fully saturated rings. The molecule has 0 bridgehead atoms. The van der Waals surface area contributed by atoms with E-state index in [0.29, 0.717) is 18.7 Å². The van der Waals surface area contributed by atoms with Crippen molar-refractivity contribution in [3.8, 4) is 11.4 Å². The summed E-state index contributed by atoms with van der Waals surface area (Å²) >= 11 is 0. The fourth-order valence-corrected chi connectivity index (χ4v) is 3.77. The van der Waals surface area contributed by atoms with Gasteiger partial charge in [-0.15, -0.1) is 5.10 Å². The number of anilines is 1. The number of fused-ring (bicyclic) bond motifs is 2. The summed E-state index contributed by atoms with van der Waals surface area (Å²) in [5.74, 6) is -0.631. The summed E-state index contributed by atoms with van der Waals surface area (Å²) in [5.41, 5.74) is 0.322. The first-order valence-corrected chi connectivity index (χ1v) is 8.72. The van der Waals surface area contributed by atoms with Crippen molar-refractivity contribution < 1.29 is 9.59 Å². The van der Waals surface area contributed by atoms with Crippen LogP contribution in [-0.2, 0) is 9.59 Å². The quantitative estimate of drug-likeness (QED) is 0.551. The number of benzene rings is 1. The zero-order valence-electron chi connectivity index (χ0n) is 14.2. The van der Waals surface area contributed by atoms with Gasteiger partial charge in [-0.25, -0.2) is 4.90 Å². The Morgan fingerprint density at radius 3 is 2.30 bits per heavy atom. The highest BCUT2D eigenvalue weighted by molar-refractivity contribution is 6.21. The molecular formula is C19H15N5O3. The molecule has 2 amide bonds. The van der Waals surface area contributed by atoms with E-state index < -0.39 is 5.56 Å². The van der Waals surface area contributed by atoms with Crippen molar-refractivity contribution in [2.45, 2.75) is 12.8 Å². The van der Waals surface area contributed by atoms with Crippen molar-refractivity contribution in [3.63, 3.8) is 0 Å². The molecule has 1 aliphatic carbocycles. The third kappa shape index (κ3) is 2.33. The van der Waals surface area contributed by atoms with Gasteiger partial charge >= 0.3 is 0 Å². The summed E-state index contributed by atoms with van der Waals surface area (Å²) in [5, 5.41) is 4.43. The lowest BCUT2D eigenvalue weighted by Gasteiger charge is -2.14. The van der Waals surface area contributed by atoms with Gasteiger partial charge in [0.15, 0.2) is 11.6 Å². The molecule has 134 valence electrons. The second kappa shape index (κ2) is 5.73. The molecule has 1 saturated heterocycles. The van der Waals surface area contributed by atoms with Gasteiger partial charge in [-0.3, -0.25) is 19.4 Å². The van der Waals surface area contributed by atoms with E-state index in [1.165, 1.54) is 10.6 Å². The summed E-state index contributed by atoms with van der Waals surface area (Å²) in [6.45, 7) is 0. The number of carbonyl (C=O) groups excluding carboxylic acids is 2. The van der Waals surface area contributed by atoms with Crippen LogP contribution in [0.5, 0.6) is 0 Å². The number of hydrogen-bond donors (Lipinski definition) is 1. The van der Waals surface area contributed by atoms with Crippen LogP contribution >= 0.6 is 0 Å². The third-order valence-electron chi connectivity index (χ3n) is 5.09. The maximum absolute atomic E-state index is 12.9. The Labute approximate surface area is 153 Å². The number of aromatic amines is 1. The van der Waals surface area contributed by atoms with E-state index in [0.717, 1.165) is 10.5 Å². The van der Waals surface area contributed by atoms with E-state index in [1.54, 1.807) is 0 Å². The van der Waals surface area contributed by atoms with Gasteiger partial charge in [0.1, 0.15) is 0 Å². The Kier molecular flexibility index (Phi) is 3.33. The van der Waals surface area contributed by atoms with E-state index >= 15 is 0 Å². The molecule has 8 heteroatoms. The van der Waals surface area contributed by atoms with Crippen LogP contribution in [0.15, 0.2) is 53.3 Å². The van der Waals surface area contributed by atoms with Gasteiger partial charge in [0.2, 0.25) is 17.6 Å². The van der Waals surface area contributed by atoms with Crippen LogP contribution in [0.25, 0.3) is 17.2 Å². The number of imide groups is 1. The second-order valence-electron chi connectivity index (χ2n) is 6.70. The minimum atomic E-state index is -0.446. The van der Waals surface area contributed by atoms with Crippen LogP contribution in [0.4, 0.5) is 5.82 Å². The van der Waals surface area contributed by atoms with Gasteiger partial charge in [0, 0.05) is 11.6 Å². The van der Waals surface area contributed by atoms with Crippen LogP contribution in [0.2, 0.25) is 0 Å². The largest absolute Gasteiger partial charge is 0.291 e. The number of hydrogen-bond acceptors (Lipinski definition) is 5. The van der Waals surface area contributed by atoms with Crippen molar-refractivity contribution in [1.82, 2.24) is 19.6 Å². The van der Waals surface area contributed by atoms with E-state index in [4.69, 9.17) is 0 Å². The molecular weight excluding hydrogens is 346 g/mol. The number of nitrogens with one attached hydrogen (secondary N) is 1. The first-order valence-electron chi connectivity index (χ1n) is 8.72. The number of rotatable bonds is 2. The van der Waals surface area contributed by atoms with Crippen molar-refractivity contribution in [3.05, 3.63) is 58.9 Å². The Bertz CT molecular complexity index is 1140. The number of aromatic nitrogens is 4. The molecule has 0 unspecified atom stereocenters. The van der Waals surface area contributed by atoms with Gasteiger partial charge in [-0.1, -0.05) is 42.5 Å². The molecule has 0 radical (unpaired) electrons. The first-order chi connectivity index (χ1) is 13.1.